The first-order valence-corrected chi connectivity index (χ1v) is 6.04. The number of aliphatic hydroxyl groups excluding tert-OH is 3. The fourth-order valence-electron chi connectivity index (χ4n) is 2.16. The van der Waals surface area contributed by atoms with Gasteiger partial charge in [0, 0.05) is 12.3 Å². The molecule has 1 fully saturated rings. The number of ether oxygens (including phenoxy) is 1. The van der Waals surface area contributed by atoms with E-state index in [4.69, 9.17) is 9.84 Å². The van der Waals surface area contributed by atoms with Gasteiger partial charge in [0.05, 0.1) is 12.5 Å². The summed E-state index contributed by atoms with van der Waals surface area (Å²) in [5.74, 6) is -1.31. The number of aliphatic hydroxyl groups is 3. The molecule has 1 aliphatic heterocycles. The third-order valence-electron chi connectivity index (χ3n) is 3.16. The monoisotopic (exact) mass is 302 g/mol. The van der Waals surface area contributed by atoms with Crippen LogP contribution in [0.4, 0.5) is 0 Å². The van der Waals surface area contributed by atoms with E-state index < -0.39 is 54.3 Å². The molecular formula is C11H14N2O8. The lowest BCUT2D eigenvalue weighted by Crippen LogP contribution is -2.40. The average Bonchev–Trinajstić information content (AvgIpc) is 2.66. The first-order chi connectivity index (χ1) is 9.81. The van der Waals surface area contributed by atoms with E-state index in [2.05, 4.69) is 0 Å². The molecule has 0 aromatic carbocycles. The van der Waals surface area contributed by atoms with Gasteiger partial charge in [0.1, 0.15) is 18.3 Å². The highest BCUT2D eigenvalue weighted by atomic mass is 16.6. The maximum Gasteiger partial charge on any atom is 0.330 e. The molecule has 1 aromatic heterocycles. The minimum absolute atomic E-state index is 0.647. The fourth-order valence-corrected chi connectivity index (χ4v) is 2.16. The van der Waals surface area contributed by atoms with Gasteiger partial charge in [0.15, 0.2) is 6.23 Å². The third kappa shape index (κ3) is 3.03. The molecule has 1 aromatic rings. The molecule has 0 radical (unpaired) electrons. The van der Waals surface area contributed by atoms with Crippen LogP contribution in [-0.2, 0) is 9.53 Å². The van der Waals surface area contributed by atoms with Crippen molar-refractivity contribution in [3.05, 3.63) is 33.1 Å². The fraction of sp³-hybridized carbons (Fsp3) is 0.545. The molecule has 0 aliphatic carbocycles. The van der Waals surface area contributed by atoms with Crippen molar-refractivity contribution < 1.29 is 30.0 Å². The summed E-state index contributed by atoms with van der Waals surface area (Å²) >= 11 is 0. The van der Waals surface area contributed by atoms with Gasteiger partial charge in [0.25, 0.3) is 5.56 Å². The van der Waals surface area contributed by atoms with Crippen molar-refractivity contribution in [2.45, 2.75) is 37.1 Å². The van der Waals surface area contributed by atoms with Gasteiger partial charge in [-0.15, -0.1) is 0 Å². The van der Waals surface area contributed by atoms with E-state index in [1.165, 1.54) is 0 Å². The molecule has 2 rings (SSSR count). The Balaban J connectivity index is 2.25. The lowest BCUT2D eigenvalue weighted by molar-refractivity contribution is -0.144. The number of nitrogens with zero attached hydrogens (tertiary/aromatic N) is 1. The van der Waals surface area contributed by atoms with Gasteiger partial charge in [-0.3, -0.25) is 19.1 Å². The Labute approximate surface area is 116 Å². The summed E-state index contributed by atoms with van der Waals surface area (Å²) in [4.78, 5) is 35.1. The topological polar surface area (TPSA) is 162 Å². The van der Waals surface area contributed by atoms with Crippen LogP contribution >= 0.6 is 0 Å². The van der Waals surface area contributed by atoms with Crippen LogP contribution in [0.3, 0.4) is 0 Å². The maximum absolute atomic E-state index is 11.6. The number of carboxylic acids is 1. The Bertz CT molecular complexity index is 638. The SMILES string of the molecule is O=C(O)CC(O)[C@H]1O[C@@H](n2ccc(=O)[nH]c2=O)[C@H](O)[C@@H]1O. The molecule has 1 unspecified atom stereocenters. The predicted molar refractivity (Wildman–Crippen MR) is 65.5 cm³/mol. The van der Waals surface area contributed by atoms with Crippen LogP contribution in [0.2, 0.25) is 0 Å². The highest BCUT2D eigenvalue weighted by Crippen LogP contribution is 2.30. The van der Waals surface area contributed by atoms with Crippen LogP contribution in [0.5, 0.6) is 0 Å². The Morgan fingerprint density at radius 3 is 2.62 bits per heavy atom. The largest absolute Gasteiger partial charge is 0.481 e. The van der Waals surface area contributed by atoms with Crippen LogP contribution < -0.4 is 11.2 Å². The maximum atomic E-state index is 11.6. The molecule has 0 spiro atoms. The molecule has 0 bridgehead atoms. The molecule has 1 saturated heterocycles. The molecule has 5 atom stereocenters. The number of carbonyl (C=O) groups is 1. The Morgan fingerprint density at radius 1 is 1.38 bits per heavy atom. The zero-order valence-corrected chi connectivity index (χ0v) is 10.6. The van der Waals surface area contributed by atoms with E-state index in [1.807, 2.05) is 4.98 Å². The summed E-state index contributed by atoms with van der Waals surface area (Å²) in [6.07, 6.45) is -7.06. The normalized spacial score (nSPS) is 30.2. The van der Waals surface area contributed by atoms with E-state index >= 15 is 0 Å². The summed E-state index contributed by atoms with van der Waals surface area (Å²) < 4.78 is 6.02. The molecule has 2 heterocycles. The number of aliphatic carboxylic acids is 1. The Hall–Kier alpha value is -2.01. The first kappa shape index (κ1) is 15.4. The third-order valence-corrected chi connectivity index (χ3v) is 3.16. The van der Waals surface area contributed by atoms with Gasteiger partial charge in [-0.2, -0.15) is 0 Å². The molecule has 5 N–H and O–H groups in total. The van der Waals surface area contributed by atoms with E-state index in [-0.39, 0.29) is 0 Å². The quantitative estimate of drug-likeness (QED) is 0.393. The number of hydrogen-bond donors (Lipinski definition) is 5. The summed E-state index contributed by atoms with van der Waals surface area (Å²) in [7, 11) is 0. The summed E-state index contributed by atoms with van der Waals surface area (Å²) in [6, 6.07) is 1.02. The lowest BCUT2D eigenvalue weighted by Gasteiger charge is -2.19. The Morgan fingerprint density at radius 2 is 2.05 bits per heavy atom. The predicted octanol–water partition coefficient (Wildman–Crippen LogP) is -3.01. The van der Waals surface area contributed by atoms with Gasteiger partial charge < -0.3 is 25.2 Å². The number of nitrogens with one attached hydrogen (secondary N) is 1. The van der Waals surface area contributed by atoms with Gasteiger partial charge >= 0.3 is 11.7 Å². The zero-order chi connectivity index (χ0) is 15.7. The summed E-state index contributed by atoms with van der Waals surface area (Å²) in [5.41, 5.74) is -1.51. The number of aromatic nitrogens is 2. The molecular weight excluding hydrogens is 288 g/mol. The smallest absolute Gasteiger partial charge is 0.330 e. The van der Waals surface area contributed by atoms with Gasteiger partial charge in [-0.05, 0) is 0 Å². The Kier molecular flexibility index (Phi) is 4.23. The molecule has 116 valence electrons. The molecule has 10 heteroatoms. The minimum Gasteiger partial charge on any atom is -0.481 e. The van der Waals surface area contributed by atoms with Crippen molar-refractivity contribution in [2.24, 2.45) is 0 Å². The summed E-state index contributed by atoms with van der Waals surface area (Å²) in [6.45, 7) is 0. The second kappa shape index (κ2) is 5.77. The number of H-pyrrole nitrogens is 1. The average molecular weight is 302 g/mol. The number of carboxylic acid groups (broad SMARTS) is 1. The second-order valence-electron chi connectivity index (χ2n) is 4.66. The van der Waals surface area contributed by atoms with Gasteiger partial charge in [0.2, 0.25) is 0 Å². The standard InChI is InChI=1S/C11H14N2O8/c14-4(3-6(16)17)9-7(18)8(19)10(21-9)13-2-1-5(15)12-11(13)20/h1-2,4,7-10,14,18-19H,3H2,(H,16,17)(H,12,15,20)/t4?,7-,8+,9+,10+/m0/s1. The van der Waals surface area contributed by atoms with Gasteiger partial charge in [-0.25, -0.2) is 4.79 Å². The molecule has 10 nitrogen and oxygen atoms in total. The highest BCUT2D eigenvalue weighted by Gasteiger charge is 2.47. The van der Waals surface area contributed by atoms with E-state index in [1.54, 1.807) is 0 Å². The molecule has 21 heavy (non-hydrogen) atoms. The van der Waals surface area contributed by atoms with Gasteiger partial charge in [-0.1, -0.05) is 0 Å². The van der Waals surface area contributed by atoms with Crippen LogP contribution in [0.1, 0.15) is 12.6 Å². The second-order valence-corrected chi connectivity index (χ2v) is 4.66. The molecule has 0 saturated carbocycles. The highest BCUT2D eigenvalue weighted by molar-refractivity contribution is 5.67. The number of hydrogen-bond acceptors (Lipinski definition) is 7. The van der Waals surface area contributed by atoms with Crippen molar-refractivity contribution >= 4 is 5.97 Å². The van der Waals surface area contributed by atoms with Crippen LogP contribution in [-0.4, -0.2) is 60.4 Å². The van der Waals surface area contributed by atoms with E-state index in [0.29, 0.717) is 0 Å². The van der Waals surface area contributed by atoms with Crippen molar-refractivity contribution in [1.29, 1.82) is 0 Å². The van der Waals surface area contributed by atoms with Crippen molar-refractivity contribution in [3.63, 3.8) is 0 Å². The summed E-state index contributed by atoms with van der Waals surface area (Å²) in [5, 5.41) is 37.9. The van der Waals surface area contributed by atoms with Crippen molar-refractivity contribution in [1.82, 2.24) is 9.55 Å². The van der Waals surface area contributed by atoms with Crippen LogP contribution in [0, 0.1) is 0 Å². The number of rotatable bonds is 4. The number of aromatic amines is 1. The van der Waals surface area contributed by atoms with Crippen molar-refractivity contribution in [3.8, 4) is 0 Å². The molecule has 1 aliphatic rings. The lowest BCUT2D eigenvalue weighted by atomic mass is 10.0. The van der Waals surface area contributed by atoms with E-state index in [0.717, 1.165) is 16.8 Å². The molecule has 0 amide bonds. The van der Waals surface area contributed by atoms with Crippen molar-refractivity contribution in [2.75, 3.05) is 0 Å². The zero-order valence-electron chi connectivity index (χ0n) is 10.6. The van der Waals surface area contributed by atoms with Crippen LogP contribution in [0.15, 0.2) is 21.9 Å². The minimum atomic E-state index is -1.58. The van der Waals surface area contributed by atoms with E-state index in [9.17, 15) is 29.7 Å². The first-order valence-electron chi connectivity index (χ1n) is 6.04. The van der Waals surface area contributed by atoms with Crippen LogP contribution in [0.25, 0.3) is 0 Å².